The fraction of sp³-hybridized carbons (Fsp3) is 0.857. The molecule has 1 atom stereocenters. The monoisotopic (exact) mass is 319 g/mol. The molecule has 0 bridgehead atoms. The van der Waals surface area contributed by atoms with Crippen molar-refractivity contribution in [1.82, 2.24) is 5.32 Å². The summed E-state index contributed by atoms with van der Waals surface area (Å²) in [5.41, 5.74) is 0. The normalized spacial score (nSPS) is 17.9. The van der Waals surface area contributed by atoms with E-state index in [2.05, 4.69) is 5.32 Å². The standard InChI is InChI=1S/C14H25NO5S/c1-10(2)9-12(14(17)18)15-13(16)7-8-21(19,20)11-5-3-4-6-11/h10-12H,3-9H2,1-2H3,(H,15,16)(H,17,18)/t12-/m0/s1. The number of sulfone groups is 1. The Kier molecular flexibility index (Phi) is 6.64. The molecule has 1 aliphatic carbocycles. The lowest BCUT2D eigenvalue weighted by Gasteiger charge is -2.17. The van der Waals surface area contributed by atoms with Gasteiger partial charge in [-0.2, -0.15) is 0 Å². The molecule has 1 saturated carbocycles. The molecule has 1 aliphatic rings. The van der Waals surface area contributed by atoms with E-state index in [0.29, 0.717) is 19.3 Å². The van der Waals surface area contributed by atoms with E-state index in [1.165, 1.54) is 0 Å². The van der Waals surface area contributed by atoms with Crippen molar-refractivity contribution >= 4 is 21.7 Å². The quantitative estimate of drug-likeness (QED) is 0.703. The number of hydrogen-bond acceptors (Lipinski definition) is 4. The summed E-state index contributed by atoms with van der Waals surface area (Å²) in [6.45, 7) is 3.74. The first-order chi connectivity index (χ1) is 9.72. The van der Waals surface area contributed by atoms with Crippen LogP contribution < -0.4 is 5.32 Å². The Morgan fingerprint density at radius 3 is 2.29 bits per heavy atom. The molecule has 0 saturated heterocycles. The van der Waals surface area contributed by atoms with Crippen LogP contribution in [0.3, 0.4) is 0 Å². The minimum atomic E-state index is -3.24. The number of aliphatic carboxylic acids is 1. The second-order valence-electron chi connectivity index (χ2n) is 6.11. The van der Waals surface area contributed by atoms with Gasteiger partial charge in [0.2, 0.25) is 5.91 Å². The van der Waals surface area contributed by atoms with Crippen LogP contribution in [0, 0.1) is 5.92 Å². The summed E-state index contributed by atoms with van der Waals surface area (Å²) in [6, 6.07) is -0.952. The summed E-state index contributed by atoms with van der Waals surface area (Å²) in [6.07, 6.45) is 3.36. The van der Waals surface area contributed by atoms with Crippen molar-refractivity contribution in [3.8, 4) is 0 Å². The Hall–Kier alpha value is -1.11. The number of hydrogen-bond donors (Lipinski definition) is 2. The average Bonchev–Trinajstić information content (AvgIpc) is 2.89. The number of carboxylic acid groups (broad SMARTS) is 1. The maximum Gasteiger partial charge on any atom is 0.326 e. The largest absolute Gasteiger partial charge is 0.480 e. The van der Waals surface area contributed by atoms with Gasteiger partial charge in [0, 0.05) is 6.42 Å². The molecule has 2 N–H and O–H groups in total. The highest BCUT2D eigenvalue weighted by atomic mass is 32.2. The smallest absolute Gasteiger partial charge is 0.326 e. The van der Waals surface area contributed by atoms with E-state index in [-0.39, 0.29) is 23.3 Å². The molecule has 1 amide bonds. The van der Waals surface area contributed by atoms with Crippen LogP contribution in [0.2, 0.25) is 0 Å². The molecule has 0 spiro atoms. The zero-order valence-electron chi connectivity index (χ0n) is 12.7. The van der Waals surface area contributed by atoms with Crippen LogP contribution in [0.15, 0.2) is 0 Å². The third-order valence-corrected chi connectivity index (χ3v) is 6.02. The highest BCUT2D eigenvalue weighted by Gasteiger charge is 2.29. The summed E-state index contributed by atoms with van der Waals surface area (Å²) in [4.78, 5) is 22.8. The molecule has 122 valence electrons. The number of carbonyl (C=O) groups is 2. The first-order valence-corrected chi connectivity index (χ1v) is 9.17. The van der Waals surface area contributed by atoms with Crippen LogP contribution in [0.25, 0.3) is 0 Å². The van der Waals surface area contributed by atoms with E-state index in [4.69, 9.17) is 5.11 Å². The summed E-state index contributed by atoms with van der Waals surface area (Å²) in [7, 11) is -3.24. The third kappa shape index (κ3) is 6.03. The van der Waals surface area contributed by atoms with Crippen molar-refractivity contribution in [2.45, 2.75) is 63.7 Å². The molecule has 21 heavy (non-hydrogen) atoms. The summed E-state index contributed by atoms with van der Waals surface area (Å²) in [5.74, 6) is -1.66. The number of rotatable bonds is 8. The molecule has 0 unspecified atom stereocenters. The SMILES string of the molecule is CC(C)C[C@H](NC(=O)CCS(=O)(=O)C1CCCC1)C(=O)O. The van der Waals surface area contributed by atoms with Crippen LogP contribution in [-0.2, 0) is 19.4 Å². The Morgan fingerprint density at radius 1 is 1.24 bits per heavy atom. The second kappa shape index (κ2) is 7.77. The Balaban J connectivity index is 2.47. The lowest BCUT2D eigenvalue weighted by Crippen LogP contribution is -2.42. The van der Waals surface area contributed by atoms with Gasteiger partial charge in [0.15, 0.2) is 9.84 Å². The Labute approximate surface area is 126 Å². The predicted molar refractivity (Wildman–Crippen MR) is 79.7 cm³/mol. The fourth-order valence-electron chi connectivity index (χ4n) is 2.61. The van der Waals surface area contributed by atoms with Crippen LogP contribution in [0.5, 0.6) is 0 Å². The molecule has 0 aromatic carbocycles. The van der Waals surface area contributed by atoms with E-state index < -0.39 is 27.8 Å². The van der Waals surface area contributed by atoms with Crippen LogP contribution in [-0.4, -0.2) is 42.4 Å². The Bertz CT molecular complexity index is 466. The summed E-state index contributed by atoms with van der Waals surface area (Å²) >= 11 is 0. The van der Waals surface area contributed by atoms with Crippen molar-refractivity contribution in [3.63, 3.8) is 0 Å². The van der Waals surface area contributed by atoms with Crippen LogP contribution in [0.1, 0.15) is 52.4 Å². The van der Waals surface area contributed by atoms with Gasteiger partial charge in [0.05, 0.1) is 11.0 Å². The molecule has 1 rings (SSSR count). The third-order valence-electron chi connectivity index (χ3n) is 3.76. The van der Waals surface area contributed by atoms with Gasteiger partial charge in [0.1, 0.15) is 6.04 Å². The van der Waals surface area contributed by atoms with Crippen molar-refractivity contribution in [2.75, 3.05) is 5.75 Å². The molecule has 0 aromatic heterocycles. The highest BCUT2D eigenvalue weighted by Crippen LogP contribution is 2.25. The zero-order chi connectivity index (χ0) is 16.0. The van der Waals surface area contributed by atoms with Gasteiger partial charge in [-0.1, -0.05) is 26.7 Å². The minimum absolute atomic E-state index is 0.133. The van der Waals surface area contributed by atoms with E-state index in [0.717, 1.165) is 12.8 Å². The fourth-order valence-corrected chi connectivity index (χ4v) is 4.46. The van der Waals surface area contributed by atoms with E-state index >= 15 is 0 Å². The van der Waals surface area contributed by atoms with Gasteiger partial charge < -0.3 is 10.4 Å². The molecule has 0 aromatic rings. The van der Waals surface area contributed by atoms with Crippen molar-refractivity contribution in [3.05, 3.63) is 0 Å². The average molecular weight is 319 g/mol. The minimum Gasteiger partial charge on any atom is -0.480 e. The van der Waals surface area contributed by atoms with Gasteiger partial charge in [0.25, 0.3) is 0 Å². The Morgan fingerprint density at radius 2 is 1.81 bits per heavy atom. The van der Waals surface area contributed by atoms with E-state index in [1.54, 1.807) is 0 Å². The van der Waals surface area contributed by atoms with E-state index in [9.17, 15) is 18.0 Å². The van der Waals surface area contributed by atoms with Crippen LogP contribution in [0.4, 0.5) is 0 Å². The van der Waals surface area contributed by atoms with Gasteiger partial charge >= 0.3 is 5.97 Å². The number of carbonyl (C=O) groups excluding carboxylic acids is 1. The van der Waals surface area contributed by atoms with E-state index in [1.807, 2.05) is 13.8 Å². The first kappa shape index (κ1) is 17.9. The molecule has 0 aliphatic heterocycles. The summed E-state index contributed by atoms with van der Waals surface area (Å²) < 4.78 is 24.1. The number of carboxylic acids is 1. The molecular formula is C14H25NO5S. The van der Waals surface area contributed by atoms with Gasteiger partial charge in [-0.25, -0.2) is 13.2 Å². The lowest BCUT2D eigenvalue weighted by atomic mass is 10.0. The maximum absolute atomic E-state index is 12.0. The van der Waals surface area contributed by atoms with Crippen LogP contribution >= 0.6 is 0 Å². The van der Waals surface area contributed by atoms with Gasteiger partial charge in [-0.3, -0.25) is 4.79 Å². The van der Waals surface area contributed by atoms with Crippen molar-refractivity contribution < 1.29 is 23.1 Å². The molecule has 0 heterocycles. The van der Waals surface area contributed by atoms with Gasteiger partial charge in [-0.15, -0.1) is 0 Å². The topological polar surface area (TPSA) is 101 Å². The number of amides is 1. The molecule has 7 heteroatoms. The zero-order valence-corrected chi connectivity index (χ0v) is 13.5. The number of nitrogens with one attached hydrogen (secondary N) is 1. The molecule has 0 radical (unpaired) electrons. The van der Waals surface area contributed by atoms with Gasteiger partial charge in [-0.05, 0) is 25.2 Å². The summed E-state index contributed by atoms with van der Waals surface area (Å²) in [5, 5.41) is 11.1. The molecule has 1 fully saturated rings. The predicted octanol–water partition coefficient (Wildman–Crippen LogP) is 1.35. The molecular weight excluding hydrogens is 294 g/mol. The van der Waals surface area contributed by atoms with Crippen molar-refractivity contribution in [1.29, 1.82) is 0 Å². The first-order valence-electron chi connectivity index (χ1n) is 7.46. The highest BCUT2D eigenvalue weighted by molar-refractivity contribution is 7.92. The molecule has 6 nitrogen and oxygen atoms in total. The maximum atomic E-state index is 12.0. The second-order valence-corrected chi connectivity index (χ2v) is 8.51. The van der Waals surface area contributed by atoms with Crippen molar-refractivity contribution in [2.24, 2.45) is 5.92 Å². The lowest BCUT2D eigenvalue weighted by molar-refractivity contribution is -0.142.